The molecule has 1 amide bonds. The van der Waals surface area contributed by atoms with Gasteiger partial charge in [0.05, 0.1) is 13.2 Å². The molecule has 1 unspecified atom stereocenters. The van der Waals surface area contributed by atoms with Crippen LogP contribution in [-0.4, -0.2) is 43.3 Å². The number of nitrogens with zero attached hydrogens (tertiary/aromatic N) is 1. The van der Waals surface area contributed by atoms with Crippen LogP contribution < -0.4 is 11.2 Å². The first-order valence-corrected chi connectivity index (χ1v) is 5.56. The summed E-state index contributed by atoms with van der Waals surface area (Å²) in [5.74, 6) is 0.0811. The molecule has 1 aliphatic rings. The Labute approximate surface area is 90.9 Å². The van der Waals surface area contributed by atoms with Crippen LogP contribution in [0.2, 0.25) is 0 Å². The molecular weight excluding hydrogens is 194 g/mol. The molecule has 1 fully saturated rings. The Kier molecular flexibility index (Phi) is 5.60. The van der Waals surface area contributed by atoms with Crippen molar-refractivity contribution < 1.29 is 9.53 Å². The lowest BCUT2D eigenvalue weighted by Crippen LogP contribution is -2.48. The monoisotopic (exact) mass is 215 g/mol. The summed E-state index contributed by atoms with van der Waals surface area (Å²) < 4.78 is 5.18. The summed E-state index contributed by atoms with van der Waals surface area (Å²) in [6.45, 7) is 4.90. The third kappa shape index (κ3) is 5.71. The molecule has 0 aromatic carbocycles. The fourth-order valence-electron chi connectivity index (χ4n) is 1.49. The molecule has 1 heterocycles. The summed E-state index contributed by atoms with van der Waals surface area (Å²) in [6.07, 6.45) is 2.31. The van der Waals surface area contributed by atoms with E-state index in [2.05, 4.69) is 5.43 Å². The van der Waals surface area contributed by atoms with Crippen molar-refractivity contribution in [1.82, 2.24) is 10.4 Å². The second-order valence-corrected chi connectivity index (χ2v) is 4.00. The molecule has 88 valence electrons. The zero-order chi connectivity index (χ0) is 11.1. The molecule has 0 bridgehead atoms. The lowest BCUT2D eigenvalue weighted by molar-refractivity contribution is -0.128. The minimum atomic E-state index is 0.0811. The van der Waals surface area contributed by atoms with Gasteiger partial charge in [0.25, 0.3) is 0 Å². The van der Waals surface area contributed by atoms with E-state index in [1.54, 1.807) is 0 Å². The number of hydrogen-bond donors (Lipinski definition) is 2. The number of hydrogen-bond acceptors (Lipinski definition) is 4. The SMILES string of the molecule is CC(N)CCCC(=O)NN1CCOCC1. The quantitative estimate of drug-likeness (QED) is 0.670. The number of nitrogens with one attached hydrogen (secondary N) is 1. The van der Waals surface area contributed by atoms with Gasteiger partial charge in [0.1, 0.15) is 0 Å². The maximum Gasteiger partial charge on any atom is 0.234 e. The van der Waals surface area contributed by atoms with Crippen molar-refractivity contribution in [2.24, 2.45) is 5.73 Å². The highest BCUT2D eigenvalue weighted by Gasteiger charge is 2.12. The van der Waals surface area contributed by atoms with E-state index in [1.165, 1.54) is 0 Å². The molecular formula is C10H21N3O2. The minimum Gasteiger partial charge on any atom is -0.379 e. The van der Waals surface area contributed by atoms with Gasteiger partial charge in [0.2, 0.25) is 5.91 Å². The van der Waals surface area contributed by atoms with Gasteiger partial charge in [-0.2, -0.15) is 0 Å². The molecule has 0 saturated carbocycles. The predicted octanol–water partition coefficient (Wildman–Crippen LogP) is -0.133. The standard InChI is InChI=1S/C10H21N3O2/c1-9(11)3-2-4-10(14)12-13-5-7-15-8-6-13/h9H,2-8,11H2,1H3,(H,12,14). The second-order valence-electron chi connectivity index (χ2n) is 4.00. The van der Waals surface area contributed by atoms with Gasteiger partial charge in [-0.05, 0) is 19.8 Å². The number of ether oxygens (including phenoxy) is 1. The Balaban J connectivity index is 2.06. The zero-order valence-electron chi connectivity index (χ0n) is 9.37. The van der Waals surface area contributed by atoms with E-state index in [-0.39, 0.29) is 11.9 Å². The summed E-state index contributed by atoms with van der Waals surface area (Å²) in [5, 5.41) is 1.91. The van der Waals surface area contributed by atoms with Crippen LogP contribution in [0.1, 0.15) is 26.2 Å². The van der Waals surface area contributed by atoms with Crippen LogP contribution in [0.15, 0.2) is 0 Å². The first kappa shape index (κ1) is 12.4. The number of carbonyl (C=O) groups is 1. The first-order chi connectivity index (χ1) is 7.18. The third-order valence-corrected chi connectivity index (χ3v) is 2.36. The highest BCUT2D eigenvalue weighted by molar-refractivity contribution is 5.75. The molecule has 15 heavy (non-hydrogen) atoms. The topological polar surface area (TPSA) is 67.6 Å². The van der Waals surface area contributed by atoms with Crippen LogP contribution in [-0.2, 0) is 9.53 Å². The summed E-state index contributed by atoms with van der Waals surface area (Å²) in [7, 11) is 0. The zero-order valence-corrected chi connectivity index (χ0v) is 9.37. The number of amides is 1. The van der Waals surface area contributed by atoms with Crippen LogP contribution in [0.25, 0.3) is 0 Å². The van der Waals surface area contributed by atoms with Crippen molar-refractivity contribution in [3.05, 3.63) is 0 Å². The van der Waals surface area contributed by atoms with Crippen molar-refractivity contribution in [2.45, 2.75) is 32.2 Å². The van der Waals surface area contributed by atoms with Crippen LogP contribution in [0.5, 0.6) is 0 Å². The summed E-state index contributed by atoms with van der Waals surface area (Å²) in [6, 6.07) is 0.182. The smallest absolute Gasteiger partial charge is 0.234 e. The molecule has 0 spiro atoms. The Morgan fingerprint density at radius 1 is 1.53 bits per heavy atom. The molecule has 5 nitrogen and oxygen atoms in total. The molecule has 1 rings (SSSR count). The second kappa shape index (κ2) is 6.76. The maximum absolute atomic E-state index is 11.5. The molecule has 1 aliphatic heterocycles. The molecule has 1 saturated heterocycles. The van der Waals surface area contributed by atoms with Crippen LogP contribution >= 0.6 is 0 Å². The number of hydrazine groups is 1. The average molecular weight is 215 g/mol. The first-order valence-electron chi connectivity index (χ1n) is 5.56. The van der Waals surface area contributed by atoms with E-state index in [9.17, 15) is 4.79 Å². The average Bonchev–Trinajstić information content (AvgIpc) is 2.18. The summed E-state index contributed by atoms with van der Waals surface area (Å²) >= 11 is 0. The normalized spacial score (nSPS) is 19.9. The minimum absolute atomic E-state index is 0.0811. The number of morpholine rings is 1. The van der Waals surface area contributed by atoms with Gasteiger partial charge in [-0.15, -0.1) is 0 Å². The van der Waals surface area contributed by atoms with E-state index in [0.29, 0.717) is 19.6 Å². The number of nitrogens with two attached hydrogens (primary N) is 1. The number of carbonyl (C=O) groups excluding carboxylic acids is 1. The van der Waals surface area contributed by atoms with E-state index in [0.717, 1.165) is 25.9 Å². The highest BCUT2D eigenvalue weighted by Crippen LogP contribution is 1.99. The van der Waals surface area contributed by atoms with Crippen molar-refractivity contribution in [3.63, 3.8) is 0 Å². The molecule has 0 radical (unpaired) electrons. The van der Waals surface area contributed by atoms with Gasteiger partial charge < -0.3 is 10.5 Å². The summed E-state index contributed by atoms with van der Waals surface area (Å²) in [5.41, 5.74) is 8.47. The van der Waals surface area contributed by atoms with Crippen molar-refractivity contribution in [1.29, 1.82) is 0 Å². The Hall–Kier alpha value is -0.650. The van der Waals surface area contributed by atoms with Crippen molar-refractivity contribution >= 4 is 5.91 Å². The lowest BCUT2D eigenvalue weighted by atomic mass is 10.1. The Bertz CT molecular complexity index is 191. The van der Waals surface area contributed by atoms with E-state index >= 15 is 0 Å². The van der Waals surface area contributed by atoms with Gasteiger partial charge in [-0.3, -0.25) is 10.2 Å². The highest BCUT2D eigenvalue weighted by atomic mass is 16.5. The maximum atomic E-state index is 11.5. The van der Waals surface area contributed by atoms with E-state index in [4.69, 9.17) is 10.5 Å². The van der Waals surface area contributed by atoms with Gasteiger partial charge in [0, 0.05) is 25.6 Å². The van der Waals surface area contributed by atoms with Crippen molar-refractivity contribution in [3.8, 4) is 0 Å². The fourth-order valence-corrected chi connectivity index (χ4v) is 1.49. The molecule has 0 aliphatic carbocycles. The van der Waals surface area contributed by atoms with Gasteiger partial charge in [-0.25, -0.2) is 5.01 Å². The fraction of sp³-hybridized carbons (Fsp3) is 0.900. The predicted molar refractivity (Wildman–Crippen MR) is 58.0 cm³/mol. The van der Waals surface area contributed by atoms with Gasteiger partial charge >= 0.3 is 0 Å². The Morgan fingerprint density at radius 3 is 2.80 bits per heavy atom. The molecule has 0 aromatic heterocycles. The van der Waals surface area contributed by atoms with Crippen LogP contribution in [0, 0.1) is 0 Å². The number of rotatable bonds is 5. The molecule has 0 aromatic rings. The van der Waals surface area contributed by atoms with E-state index < -0.39 is 0 Å². The Morgan fingerprint density at radius 2 is 2.20 bits per heavy atom. The molecule has 3 N–H and O–H groups in total. The lowest BCUT2D eigenvalue weighted by Gasteiger charge is -2.26. The summed E-state index contributed by atoms with van der Waals surface area (Å²) in [4.78, 5) is 11.5. The van der Waals surface area contributed by atoms with Crippen LogP contribution in [0.4, 0.5) is 0 Å². The largest absolute Gasteiger partial charge is 0.379 e. The molecule has 5 heteroatoms. The van der Waals surface area contributed by atoms with Crippen LogP contribution in [0.3, 0.4) is 0 Å². The van der Waals surface area contributed by atoms with E-state index in [1.807, 2.05) is 11.9 Å². The molecule has 1 atom stereocenters. The third-order valence-electron chi connectivity index (χ3n) is 2.36. The van der Waals surface area contributed by atoms with Gasteiger partial charge in [0.15, 0.2) is 0 Å². The van der Waals surface area contributed by atoms with Gasteiger partial charge in [-0.1, -0.05) is 0 Å². The van der Waals surface area contributed by atoms with Crippen molar-refractivity contribution in [2.75, 3.05) is 26.3 Å².